The Hall–Kier alpha value is -6.70. The molecule has 9 aromatic rings. The average molecular weight is 706 g/mol. The van der Waals surface area contributed by atoms with Crippen molar-refractivity contribution < 1.29 is 0 Å². The fraction of sp³-hybridized carbons (Fsp3) is 0.0741. The number of anilines is 3. The van der Waals surface area contributed by atoms with Gasteiger partial charge in [-0.25, -0.2) is 0 Å². The normalized spacial score (nSPS) is 11.2. The van der Waals surface area contributed by atoms with Crippen LogP contribution >= 0.6 is 0 Å². The van der Waals surface area contributed by atoms with Crippen LogP contribution in [-0.2, 0) is 12.8 Å². The molecule has 1 heteroatoms. The van der Waals surface area contributed by atoms with Crippen molar-refractivity contribution >= 4 is 38.6 Å². The quantitative estimate of drug-likeness (QED) is 0.144. The van der Waals surface area contributed by atoms with E-state index < -0.39 is 0 Å². The van der Waals surface area contributed by atoms with E-state index in [9.17, 15) is 0 Å². The molecule has 0 heterocycles. The molecule has 9 rings (SSSR count). The van der Waals surface area contributed by atoms with Crippen molar-refractivity contribution in [2.24, 2.45) is 0 Å². The molecule has 0 N–H and O–H groups in total. The number of hydrogen-bond donors (Lipinski definition) is 0. The second-order valence-corrected chi connectivity index (χ2v) is 14.3. The molecule has 0 radical (unpaired) electrons. The summed E-state index contributed by atoms with van der Waals surface area (Å²) in [5.41, 5.74) is 16.1. The molecule has 0 spiro atoms. The first kappa shape index (κ1) is 34.1. The van der Waals surface area contributed by atoms with Gasteiger partial charge in [0.1, 0.15) is 0 Å². The van der Waals surface area contributed by atoms with Gasteiger partial charge in [0.15, 0.2) is 0 Å². The van der Waals surface area contributed by atoms with E-state index in [1.54, 1.807) is 0 Å². The second kappa shape index (κ2) is 15.0. The van der Waals surface area contributed by atoms with Crippen molar-refractivity contribution in [1.82, 2.24) is 0 Å². The Morgan fingerprint density at radius 3 is 1.36 bits per heavy atom. The number of benzene rings is 9. The topological polar surface area (TPSA) is 3.24 Å². The fourth-order valence-corrected chi connectivity index (χ4v) is 8.13. The van der Waals surface area contributed by atoms with Crippen molar-refractivity contribution in [3.63, 3.8) is 0 Å². The Morgan fingerprint density at radius 1 is 0.309 bits per heavy atom. The zero-order valence-corrected chi connectivity index (χ0v) is 31.4. The largest absolute Gasteiger partial charge is 0.310 e. The number of nitrogens with zero attached hydrogens (tertiary/aromatic N) is 1. The third-order valence-electron chi connectivity index (χ3n) is 11.0. The molecular formula is C54H43N. The molecule has 0 saturated carbocycles. The highest BCUT2D eigenvalue weighted by atomic mass is 15.1. The zero-order chi connectivity index (χ0) is 37.1. The van der Waals surface area contributed by atoms with Crippen molar-refractivity contribution in [3.05, 3.63) is 211 Å². The highest BCUT2D eigenvalue weighted by molar-refractivity contribution is 5.91. The van der Waals surface area contributed by atoms with Gasteiger partial charge in [-0.2, -0.15) is 0 Å². The summed E-state index contributed by atoms with van der Waals surface area (Å²) in [6, 6.07) is 73.4. The lowest BCUT2D eigenvalue weighted by Crippen LogP contribution is -2.10. The van der Waals surface area contributed by atoms with Crippen molar-refractivity contribution in [2.75, 3.05) is 4.90 Å². The first-order chi connectivity index (χ1) is 27.2. The van der Waals surface area contributed by atoms with Crippen LogP contribution in [0.3, 0.4) is 0 Å². The molecule has 1 nitrogen and oxygen atoms in total. The molecule has 0 unspecified atom stereocenters. The van der Waals surface area contributed by atoms with Crippen LogP contribution in [0.15, 0.2) is 200 Å². The summed E-state index contributed by atoms with van der Waals surface area (Å²) in [7, 11) is 0. The van der Waals surface area contributed by atoms with Crippen molar-refractivity contribution in [2.45, 2.75) is 26.7 Å². The van der Waals surface area contributed by atoms with Gasteiger partial charge in [0, 0.05) is 17.1 Å². The van der Waals surface area contributed by atoms with E-state index in [1.165, 1.54) is 77.2 Å². The maximum atomic E-state index is 2.39. The first-order valence-corrected chi connectivity index (χ1v) is 19.5. The Bertz CT molecular complexity index is 2650. The zero-order valence-electron chi connectivity index (χ0n) is 31.4. The third kappa shape index (κ3) is 6.71. The molecule has 9 aromatic carbocycles. The molecule has 0 fully saturated rings. The van der Waals surface area contributed by atoms with E-state index in [4.69, 9.17) is 0 Å². The second-order valence-electron chi connectivity index (χ2n) is 14.3. The van der Waals surface area contributed by atoms with Crippen LogP contribution in [0.25, 0.3) is 66.1 Å². The molecule has 264 valence electrons. The predicted molar refractivity (Wildman–Crippen MR) is 237 cm³/mol. The summed E-state index contributed by atoms with van der Waals surface area (Å²) in [4.78, 5) is 2.39. The SMILES string of the molecule is CCc1ccccc1-c1c(CC)cccc1-c1cccc(N(c2ccc(-c3ccc4ccccc4c3)cc2)c2ccc(-c3ccc4ccccc4c3)cc2)c1. The maximum Gasteiger partial charge on any atom is 0.0467 e. The minimum absolute atomic E-state index is 0.972. The molecule has 0 aliphatic carbocycles. The monoisotopic (exact) mass is 705 g/mol. The van der Waals surface area contributed by atoms with Crippen LogP contribution in [0, 0.1) is 0 Å². The molecule has 0 bridgehead atoms. The summed E-state index contributed by atoms with van der Waals surface area (Å²) in [5, 5.41) is 5.02. The Morgan fingerprint density at radius 2 is 0.782 bits per heavy atom. The van der Waals surface area contributed by atoms with E-state index in [0.29, 0.717) is 0 Å². The molecule has 0 saturated heterocycles. The first-order valence-electron chi connectivity index (χ1n) is 19.5. The molecule has 0 aromatic heterocycles. The highest BCUT2D eigenvalue weighted by Crippen LogP contribution is 2.42. The van der Waals surface area contributed by atoms with Crippen LogP contribution in [0.1, 0.15) is 25.0 Å². The highest BCUT2D eigenvalue weighted by Gasteiger charge is 2.18. The minimum atomic E-state index is 0.972. The van der Waals surface area contributed by atoms with Gasteiger partial charge in [-0.1, -0.05) is 166 Å². The molecule has 55 heavy (non-hydrogen) atoms. The van der Waals surface area contributed by atoms with Gasteiger partial charge in [-0.15, -0.1) is 0 Å². The number of fused-ring (bicyclic) bond motifs is 2. The van der Waals surface area contributed by atoms with Crippen LogP contribution in [0.2, 0.25) is 0 Å². The summed E-state index contributed by atoms with van der Waals surface area (Å²) in [6.07, 6.45) is 1.96. The number of hydrogen-bond acceptors (Lipinski definition) is 1. The Kier molecular flexibility index (Phi) is 9.28. The van der Waals surface area contributed by atoms with Gasteiger partial charge >= 0.3 is 0 Å². The predicted octanol–water partition coefficient (Wildman–Crippen LogP) is 15.3. The van der Waals surface area contributed by atoms with Gasteiger partial charge in [0.05, 0.1) is 0 Å². The van der Waals surface area contributed by atoms with Gasteiger partial charge < -0.3 is 4.90 Å². The standard InChI is InChI=1S/C54H43N/c1-3-38-13-9-10-21-52(38)54-39(4-2)18-12-22-53(54)48-19-11-20-51(37-48)55(49-31-27-42(28-32-49)46-25-23-40-14-5-7-16-44(40)35-46)50-33-29-43(30-34-50)47-26-24-41-15-6-8-17-45(41)36-47/h5-37H,3-4H2,1-2H3. The van der Waals surface area contributed by atoms with E-state index in [1.807, 2.05) is 0 Å². The van der Waals surface area contributed by atoms with Crippen LogP contribution in [0.5, 0.6) is 0 Å². The average Bonchev–Trinajstić information content (AvgIpc) is 3.26. The van der Waals surface area contributed by atoms with E-state index in [2.05, 4.69) is 219 Å². The smallest absolute Gasteiger partial charge is 0.0467 e. The van der Waals surface area contributed by atoms with Crippen LogP contribution in [0.4, 0.5) is 17.1 Å². The lowest BCUT2D eigenvalue weighted by molar-refractivity contribution is 1.12. The Balaban J connectivity index is 1.15. The summed E-state index contributed by atoms with van der Waals surface area (Å²) < 4.78 is 0. The molecule has 0 aliphatic rings. The molecule has 0 amide bonds. The number of aryl methyl sites for hydroxylation is 2. The van der Waals surface area contributed by atoms with Gasteiger partial charge in [0.2, 0.25) is 0 Å². The van der Waals surface area contributed by atoms with Crippen molar-refractivity contribution in [3.8, 4) is 44.5 Å². The minimum Gasteiger partial charge on any atom is -0.310 e. The van der Waals surface area contributed by atoms with E-state index >= 15 is 0 Å². The summed E-state index contributed by atoms with van der Waals surface area (Å²) in [5.74, 6) is 0. The summed E-state index contributed by atoms with van der Waals surface area (Å²) in [6.45, 7) is 4.51. The van der Waals surface area contributed by atoms with Crippen molar-refractivity contribution in [1.29, 1.82) is 0 Å². The molecular weight excluding hydrogens is 663 g/mol. The lowest BCUT2D eigenvalue weighted by atomic mass is 9.86. The van der Waals surface area contributed by atoms with E-state index in [0.717, 1.165) is 29.9 Å². The van der Waals surface area contributed by atoms with Gasteiger partial charge in [-0.3, -0.25) is 0 Å². The van der Waals surface area contributed by atoms with Crippen LogP contribution < -0.4 is 4.90 Å². The third-order valence-corrected chi connectivity index (χ3v) is 11.0. The van der Waals surface area contributed by atoms with Gasteiger partial charge in [0.25, 0.3) is 0 Å². The molecule has 0 aliphatic heterocycles. The van der Waals surface area contributed by atoms with Gasteiger partial charge in [-0.05, 0) is 139 Å². The van der Waals surface area contributed by atoms with E-state index in [-0.39, 0.29) is 0 Å². The fourth-order valence-electron chi connectivity index (χ4n) is 8.13. The number of rotatable bonds is 9. The maximum absolute atomic E-state index is 2.39. The molecule has 0 atom stereocenters. The van der Waals surface area contributed by atoms with Crippen LogP contribution in [-0.4, -0.2) is 0 Å². The summed E-state index contributed by atoms with van der Waals surface area (Å²) >= 11 is 0. The Labute approximate surface area is 324 Å². The lowest BCUT2D eigenvalue weighted by Gasteiger charge is -2.27.